The van der Waals surface area contributed by atoms with Crippen LogP contribution >= 0.6 is 0 Å². The number of carboxylic acids is 1. The first-order chi connectivity index (χ1) is 5.93. The van der Waals surface area contributed by atoms with E-state index in [1.807, 2.05) is 0 Å². The Morgan fingerprint density at radius 2 is 1.85 bits per heavy atom. The zero-order valence-electron chi connectivity index (χ0n) is 8.07. The summed E-state index contributed by atoms with van der Waals surface area (Å²) in [6.45, 7) is 4.79. The predicted octanol–water partition coefficient (Wildman–Crippen LogP) is 0.788. The van der Waals surface area contributed by atoms with Crippen LogP contribution in [0.4, 0.5) is 0 Å². The lowest BCUT2D eigenvalue weighted by molar-refractivity contribution is -0.139. The van der Waals surface area contributed by atoms with E-state index in [1.54, 1.807) is 26.0 Å². The average Bonchev–Trinajstić information content (AvgIpc) is 1.98. The van der Waals surface area contributed by atoms with Crippen LogP contribution in [0, 0.1) is 5.92 Å². The molecule has 0 saturated carbocycles. The van der Waals surface area contributed by atoms with Crippen molar-refractivity contribution in [2.75, 3.05) is 0 Å². The molecule has 1 amide bonds. The quantitative estimate of drug-likeness (QED) is 0.636. The molecule has 0 spiro atoms. The summed E-state index contributed by atoms with van der Waals surface area (Å²) in [6.07, 6.45) is 3.23. The first-order valence-electron chi connectivity index (χ1n) is 4.11. The Morgan fingerprint density at radius 3 is 2.23 bits per heavy atom. The van der Waals surface area contributed by atoms with E-state index in [-0.39, 0.29) is 11.9 Å². The number of rotatable bonds is 4. The summed E-state index contributed by atoms with van der Waals surface area (Å²) < 4.78 is 0. The van der Waals surface area contributed by atoms with Crippen LogP contribution in [0.2, 0.25) is 0 Å². The summed E-state index contributed by atoms with van der Waals surface area (Å²) in [5, 5.41) is 11.2. The number of nitrogens with one attached hydrogen (secondary N) is 1. The second kappa shape index (κ2) is 5.35. The third-order valence-electron chi connectivity index (χ3n) is 1.51. The summed E-state index contributed by atoms with van der Waals surface area (Å²) in [5.41, 5.74) is 0. The molecule has 0 saturated heterocycles. The van der Waals surface area contributed by atoms with Crippen molar-refractivity contribution in [3.05, 3.63) is 12.2 Å². The molecule has 0 aromatic carbocycles. The minimum absolute atomic E-state index is 0.125. The van der Waals surface area contributed by atoms with Crippen LogP contribution in [0.1, 0.15) is 20.8 Å². The molecule has 0 heterocycles. The fourth-order valence-electron chi connectivity index (χ4n) is 0.784. The lowest BCUT2D eigenvalue weighted by Crippen LogP contribution is -2.28. The summed E-state index contributed by atoms with van der Waals surface area (Å²) in [5.74, 6) is -1.51. The number of hydrogen-bond acceptors (Lipinski definition) is 2. The van der Waals surface area contributed by atoms with Crippen molar-refractivity contribution in [2.45, 2.75) is 26.8 Å². The molecular weight excluding hydrogens is 170 g/mol. The molecule has 0 radical (unpaired) electrons. The van der Waals surface area contributed by atoms with Crippen molar-refractivity contribution >= 4 is 11.9 Å². The van der Waals surface area contributed by atoms with E-state index in [4.69, 9.17) is 5.11 Å². The Morgan fingerprint density at radius 1 is 1.31 bits per heavy atom. The van der Waals surface area contributed by atoms with Crippen LogP contribution in [-0.4, -0.2) is 23.0 Å². The van der Waals surface area contributed by atoms with Gasteiger partial charge in [0, 0.05) is 13.0 Å². The van der Waals surface area contributed by atoms with Crippen LogP contribution in [0.5, 0.6) is 0 Å². The molecular formula is C9H15NO3. The van der Waals surface area contributed by atoms with E-state index >= 15 is 0 Å². The van der Waals surface area contributed by atoms with E-state index in [0.29, 0.717) is 0 Å². The van der Waals surface area contributed by atoms with Gasteiger partial charge >= 0.3 is 5.97 Å². The third kappa shape index (κ3) is 5.90. The van der Waals surface area contributed by atoms with Gasteiger partial charge in [-0.3, -0.25) is 9.59 Å². The van der Waals surface area contributed by atoms with Crippen molar-refractivity contribution in [3.63, 3.8) is 0 Å². The first kappa shape index (κ1) is 11.7. The Hall–Kier alpha value is -1.32. The molecule has 0 bridgehead atoms. The highest BCUT2D eigenvalue weighted by Crippen LogP contribution is 1.98. The van der Waals surface area contributed by atoms with Gasteiger partial charge in [0.25, 0.3) is 0 Å². The number of carbonyl (C=O) groups excluding carboxylic acids is 1. The summed E-state index contributed by atoms with van der Waals surface area (Å²) in [7, 11) is 0. The van der Waals surface area contributed by atoms with Crippen LogP contribution in [-0.2, 0) is 9.59 Å². The molecule has 74 valence electrons. The maximum atomic E-state index is 10.6. The Labute approximate surface area is 77.6 Å². The summed E-state index contributed by atoms with van der Waals surface area (Å²) in [6, 6.07) is -0.126. The summed E-state index contributed by atoms with van der Waals surface area (Å²) >= 11 is 0. The molecule has 0 fully saturated rings. The molecule has 13 heavy (non-hydrogen) atoms. The van der Waals surface area contributed by atoms with Gasteiger partial charge in [-0.25, -0.2) is 0 Å². The third-order valence-corrected chi connectivity index (χ3v) is 1.51. The highest BCUT2D eigenvalue weighted by molar-refractivity contribution is 5.73. The largest absolute Gasteiger partial charge is 0.481 e. The zero-order valence-corrected chi connectivity index (χ0v) is 8.07. The van der Waals surface area contributed by atoms with Crippen LogP contribution in [0.3, 0.4) is 0 Å². The maximum Gasteiger partial charge on any atom is 0.310 e. The minimum atomic E-state index is -0.869. The summed E-state index contributed by atoms with van der Waals surface area (Å²) in [4.78, 5) is 21.0. The van der Waals surface area contributed by atoms with Gasteiger partial charge < -0.3 is 10.4 Å². The average molecular weight is 185 g/mol. The van der Waals surface area contributed by atoms with Gasteiger partial charge in [0.15, 0.2) is 0 Å². The lowest BCUT2D eigenvalue weighted by atomic mass is 10.1. The standard InChI is InChI=1S/C9H15NO3/c1-6(9(12)13)4-5-7(2)10-8(3)11/h4-7H,1-3H3,(H,10,11)(H,12,13). The molecule has 0 aromatic rings. The van der Waals surface area contributed by atoms with Gasteiger partial charge in [0.1, 0.15) is 0 Å². The van der Waals surface area contributed by atoms with E-state index in [1.165, 1.54) is 6.92 Å². The van der Waals surface area contributed by atoms with E-state index in [2.05, 4.69) is 5.32 Å². The Bertz CT molecular complexity index is 223. The second-order valence-electron chi connectivity index (χ2n) is 3.00. The van der Waals surface area contributed by atoms with Crippen molar-refractivity contribution < 1.29 is 14.7 Å². The first-order valence-corrected chi connectivity index (χ1v) is 4.11. The second-order valence-corrected chi connectivity index (χ2v) is 3.00. The normalized spacial score (nSPS) is 15.3. The number of hydrogen-bond donors (Lipinski definition) is 2. The fourth-order valence-corrected chi connectivity index (χ4v) is 0.784. The molecule has 0 aliphatic heterocycles. The monoisotopic (exact) mass is 185 g/mol. The highest BCUT2D eigenvalue weighted by atomic mass is 16.4. The molecule has 0 aliphatic rings. The van der Waals surface area contributed by atoms with E-state index in [9.17, 15) is 9.59 Å². The van der Waals surface area contributed by atoms with Crippen molar-refractivity contribution in [2.24, 2.45) is 5.92 Å². The lowest BCUT2D eigenvalue weighted by Gasteiger charge is -2.07. The van der Waals surface area contributed by atoms with Crippen molar-refractivity contribution in [1.82, 2.24) is 5.32 Å². The van der Waals surface area contributed by atoms with E-state index < -0.39 is 11.9 Å². The molecule has 0 aliphatic carbocycles. The van der Waals surface area contributed by atoms with Crippen molar-refractivity contribution in [3.8, 4) is 0 Å². The number of amides is 1. The van der Waals surface area contributed by atoms with Crippen molar-refractivity contribution in [1.29, 1.82) is 0 Å². The number of carbonyl (C=O) groups is 2. The number of carboxylic acid groups (broad SMARTS) is 1. The molecule has 0 rings (SSSR count). The number of aliphatic carboxylic acids is 1. The van der Waals surface area contributed by atoms with Gasteiger partial charge in [-0.1, -0.05) is 12.2 Å². The van der Waals surface area contributed by atoms with Gasteiger partial charge in [0.05, 0.1) is 5.92 Å². The highest BCUT2D eigenvalue weighted by Gasteiger charge is 2.06. The molecule has 2 atom stereocenters. The van der Waals surface area contributed by atoms with Crippen LogP contribution in [0.25, 0.3) is 0 Å². The molecule has 2 unspecified atom stereocenters. The molecule has 4 heteroatoms. The smallest absolute Gasteiger partial charge is 0.310 e. The van der Waals surface area contributed by atoms with Gasteiger partial charge in [-0.2, -0.15) is 0 Å². The maximum absolute atomic E-state index is 10.6. The topological polar surface area (TPSA) is 66.4 Å². The van der Waals surface area contributed by atoms with Crippen LogP contribution < -0.4 is 5.32 Å². The predicted molar refractivity (Wildman–Crippen MR) is 49.2 cm³/mol. The SMILES string of the molecule is CC(=O)NC(C)C=CC(C)C(=O)O. The van der Waals surface area contributed by atoms with Gasteiger partial charge in [0.2, 0.25) is 5.91 Å². The molecule has 4 nitrogen and oxygen atoms in total. The fraction of sp³-hybridized carbons (Fsp3) is 0.556. The Balaban J connectivity index is 3.96. The zero-order chi connectivity index (χ0) is 10.4. The Kier molecular flexibility index (Phi) is 4.80. The molecule has 2 N–H and O–H groups in total. The van der Waals surface area contributed by atoms with Gasteiger partial charge in [-0.15, -0.1) is 0 Å². The minimum Gasteiger partial charge on any atom is -0.481 e. The van der Waals surface area contributed by atoms with Gasteiger partial charge in [-0.05, 0) is 13.8 Å². The van der Waals surface area contributed by atoms with E-state index in [0.717, 1.165) is 0 Å². The molecule has 0 aromatic heterocycles. The van der Waals surface area contributed by atoms with Crippen LogP contribution in [0.15, 0.2) is 12.2 Å².